The van der Waals surface area contributed by atoms with Crippen LogP contribution in [0.5, 0.6) is 11.5 Å². The molecule has 0 aliphatic heterocycles. The number of amides is 1. The second-order valence-electron chi connectivity index (χ2n) is 5.84. The third-order valence-corrected chi connectivity index (χ3v) is 3.73. The number of hydrogen-bond acceptors (Lipinski definition) is 5. The molecule has 2 aromatic carbocycles. The highest BCUT2D eigenvalue weighted by Gasteiger charge is 2.05. The standard InChI is InChI=1S/C20H26N2O4/c1-21-20(24)15-26-19-9-7-16(8-10-19)11-12-22-13-17(23)14-25-18-5-3-2-4-6-18/h2-10,17,22-23H,11-15H2,1H3,(H,21,24). The lowest BCUT2D eigenvalue weighted by molar-refractivity contribution is -0.122. The van der Waals surface area contributed by atoms with E-state index in [-0.39, 0.29) is 19.1 Å². The number of aliphatic hydroxyl groups excluding tert-OH is 1. The first-order valence-electron chi connectivity index (χ1n) is 8.66. The summed E-state index contributed by atoms with van der Waals surface area (Å²) in [5.74, 6) is 1.26. The van der Waals surface area contributed by atoms with Crippen LogP contribution < -0.4 is 20.1 Å². The van der Waals surface area contributed by atoms with Gasteiger partial charge >= 0.3 is 0 Å². The molecular formula is C20H26N2O4. The summed E-state index contributed by atoms with van der Waals surface area (Å²) in [6, 6.07) is 17.1. The number of benzene rings is 2. The normalized spacial score (nSPS) is 11.6. The fraction of sp³-hybridized carbons (Fsp3) is 0.350. The van der Waals surface area contributed by atoms with Crippen molar-refractivity contribution in [2.45, 2.75) is 12.5 Å². The van der Waals surface area contributed by atoms with E-state index in [4.69, 9.17) is 9.47 Å². The third-order valence-electron chi connectivity index (χ3n) is 3.73. The maximum atomic E-state index is 11.1. The number of hydrogen-bond donors (Lipinski definition) is 3. The first-order valence-corrected chi connectivity index (χ1v) is 8.66. The molecule has 1 unspecified atom stereocenters. The van der Waals surface area contributed by atoms with Crippen molar-refractivity contribution >= 4 is 5.91 Å². The van der Waals surface area contributed by atoms with Gasteiger partial charge in [0, 0.05) is 13.6 Å². The molecule has 0 saturated carbocycles. The SMILES string of the molecule is CNC(=O)COc1ccc(CCNCC(O)COc2ccccc2)cc1. The Kier molecular flexibility index (Phi) is 8.45. The molecular weight excluding hydrogens is 332 g/mol. The summed E-state index contributed by atoms with van der Waals surface area (Å²) in [4.78, 5) is 11.1. The van der Waals surface area contributed by atoms with E-state index in [1.807, 2.05) is 54.6 Å². The quantitative estimate of drug-likeness (QED) is 0.529. The molecule has 6 nitrogen and oxygen atoms in total. The zero-order valence-electron chi connectivity index (χ0n) is 15.0. The lowest BCUT2D eigenvalue weighted by Crippen LogP contribution is -2.32. The summed E-state index contributed by atoms with van der Waals surface area (Å²) >= 11 is 0. The molecule has 3 N–H and O–H groups in total. The van der Waals surface area contributed by atoms with E-state index in [2.05, 4.69) is 10.6 Å². The molecule has 2 rings (SSSR count). The zero-order valence-corrected chi connectivity index (χ0v) is 15.0. The molecule has 1 atom stereocenters. The van der Waals surface area contributed by atoms with Crippen LogP contribution in [0.25, 0.3) is 0 Å². The van der Waals surface area contributed by atoms with Crippen LogP contribution in [0.2, 0.25) is 0 Å². The third kappa shape index (κ3) is 7.55. The average Bonchev–Trinajstić information content (AvgIpc) is 2.69. The Bertz CT molecular complexity index is 647. The fourth-order valence-corrected chi connectivity index (χ4v) is 2.24. The number of aliphatic hydroxyl groups is 1. The fourth-order valence-electron chi connectivity index (χ4n) is 2.24. The number of carbonyl (C=O) groups excluding carboxylic acids is 1. The second kappa shape index (κ2) is 11.1. The van der Waals surface area contributed by atoms with E-state index >= 15 is 0 Å². The lowest BCUT2D eigenvalue weighted by Gasteiger charge is -2.13. The topological polar surface area (TPSA) is 79.8 Å². The first kappa shape index (κ1) is 19.8. The molecule has 1 amide bonds. The van der Waals surface area contributed by atoms with Crippen LogP contribution in [0.15, 0.2) is 54.6 Å². The van der Waals surface area contributed by atoms with E-state index in [9.17, 15) is 9.90 Å². The Hall–Kier alpha value is -2.57. The molecule has 6 heteroatoms. The summed E-state index contributed by atoms with van der Waals surface area (Å²) in [5, 5.41) is 15.7. The minimum atomic E-state index is -0.560. The number of nitrogens with one attached hydrogen (secondary N) is 2. The van der Waals surface area contributed by atoms with Gasteiger partial charge in [-0.05, 0) is 42.8 Å². The van der Waals surface area contributed by atoms with Crippen molar-refractivity contribution in [1.29, 1.82) is 0 Å². The molecule has 0 radical (unpaired) electrons. The zero-order chi connectivity index (χ0) is 18.6. The highest BCUT2D eigenvalue weighted by atomic mass is 16.5. The second-order valence-corrected chi connectivity index (χ2v) is 5.84. The molecule has 140 valence electrons. The Morgan fingerprint density at radius 1 is 1.04 bits per heavy atom. The summed E-state index contributed by atoms with van der Waals surface area (Å²) in [6.45, 7) is 1.50. The molecule has 0 spiro atoms. The predicted molar refractivity (Wildman–Crippen MR) is 101 cm³/mol. The largest absolute Gasteiger partial charge is 0.491 e. The summed E-state index contributed by atoms with van der Waals surface area (Å²) in [6.07, 6.45) is 0.276. The maximum Gasteiger partial charge on any atom is 0.257 e. The van der Waals surface area contributed by atoms with Crippen molar-refractivity contribution in [3.05, 3.63) is 60.2 Å². The van der Waals surface area contributed by atoms with Crippen molar-refractivity contribution in [1.82, 2.24) is 10.6 Å². The molecule has 0 aliphatic carbocycles. The molecule has 0 saturated heterocycles. The van der Waals surface area contributed by atoms with E-state index < -0.39 is 6.10 Å². The van der Waals surface area contributed by atoms with Gasteiger partial charge in [0.1, 0.15) is 24.2 Å². The molecule has 0 bridgehead atoms. The van der Waals surface area contributed by atoms with Gasteiger partial charge in [0.25, 0.3) is 5.91 Å². The number of rotatable bonds is 11. The predicted octanol–water partition coefficient (Wildman–Crippen LogP) is 1.38. The summed E-state index contributed by atoms with van der Waals surface area (Å²) in [7, 11) is 1.58. The van der Waals surface area contributed by atoms with Gasteiger partial charge in [-0.25, -0.2) is 0 Å². The molecule has 26 heavy (non-hydrogen) atoms. The highest BCUT2D eigenvalue weighted by Crippen LogP contribution is 2.12. The van der Waals surface area contributed by atoms with Gasteiger partial charge in [-0.2, -0.15) is 0 Å². The Morgan fingerprint density at radius 3 is 2.42 bits per heavy atom. The van der Waals surface area contributed by atoms with Crippen molar-refractivity contribution < 1.29 is 19.4 Å². The number of para-hydroxylation sites is 1. The molecule has 2 aromatic rings. The maximum absolute atomic E-state index is 11.1. The van der Waals surface area contributed by atoms with Gasteiger partial charge < -0.3 is 25.2 Å². The van der Waals surface area contributed by atoms with Crippen LogP contribution in [0.3, 0.4) is 0 Å². The van der Waals surface area contributed by atoms with Crippen LogP contribution in [0.1, 0.15) is 5.56 Å². The Balaban J connectivity index is 1.59. The van der Waals surface area contributed by atoms with Gasteiger partial charge in [0.15, 0.2) is 6.61 Å². The van der Waals surface area contributed by atoms with Gasteiger partial charge in [-0.15, -0.1) is 0 Å². The average molecular weight is 358 g/mol. The van der Waals surface area contributed by atoms with E-state index in [1.54, 1.807) is 7.05 Å². The van der Waals surface area contributed by atoms with Crippen molar-refractivity contribution in [2.24, 2.45) is 0 Å². The Morgan fingerprint density at radius 2 is 1.73 bits per heavy atom. The van der Waals surface area contributed by atoms with Gasteiger partial charge in [-0.1, -0.05) is 30.3 Å². The summed E-state index contributed by atoms with van der Waals surface area (Å²) < 4.78 is 10.9. The van der Waals surface area contributed by atoms with Crippen LogP contribution in [0.4, 0.5) is 0 Å². The van der Waals surface area contributed by atoms with E-state index in [0.717, 1.165) is 24.3 Å². The molecule has 0 fully saturated rings. The molecule has 0 heterocycles. The van der Waals surface area contributed by atoms with Gasteiger partial charge in [0.05, 0.1) is 0 Å². The monoisotopic (exact) mass is 358 g/mol. The number of ether oxygens (including phenoxy) is 2. The smallest absolute Gasteiger partial charge is 0.257 e. The number of carbonyl (C=O) groups is 1. The van der Waals surface area contributed by atoms with Gasteiger partial charge in [0.2, 0.25) is 0 Å². The lowest BCUT2D eigenvalue weighted by atomic mass is 10.1. The Labute approximate surface area is 154 Å². The molecule has 0 aliphatic rings. The van der Waals surface area contributed by atoms with Crippen LogP contribution in [-0.2, 0) is 11.2 Å². The molecule has 0 aromatic heterocycles. The van der Waals surface area contributed by atoms with E-state index in [1.165, 1.54) is 0 Å². The van der Waals surface area contributed by atoms with Crippen LogP contribution >= 0.6 is 0 Å². The number of likely N-dealkylation sites (N-methyl/N-ethyl adjacent to an activating group) is 1. The van der Waals surface area contributed by atoms with E-state index in [0.29, 0.717) is 12.3 Å². The first-order chi connectivity index (χ1) is 12.7. The highest BCUT2D eigenvalue weighted by molar-refractivity contribution is 5.77. The minimum Gasteiger partial charge on any atom is -0.491 e. The van der Waals surface area contributed by atoms with Crippen LogP contribution in [-0.4, -0.2) is 50.5 Å². The van der Waals surface area contributed by atoms with Crippen molar-refractivity contribution in [3.63, 3.8) is 0 Å². The minimum absolute atomic E-state index is 0.0142. The summed E-state index contributed by atoms with van der Waals surface area (Å²) in [5.41, 5.74) is 1.15. The van der Waals surface area contributed by atoms with Crippen molar-refractivity contribution in [3.8, 4) is 11.5 Å². The van der Waals surface area contributed by atoms with Gasteiger partial charge in [-0.3, -0.25) is 4.79 Å². The van der Waals surface area contributed by atoms with Crippen LogP contribution in [0, 0.1) is 0 Å². The van der Waals surface area contributed by atoms with Crippen molar-refractivity contribution in [2.75, 3.05) is 33.4 Å².